The van der Waals surface area contributed by atoms with Crippen molar-refractivity contribution in [3.05, 3.63) is 89.9 Å². The summed E-state index contributed by atoms with van der Waals surface area (Å²) < 4.78 is 45.7. The first kappa shape index (κ1) is 26.7. The zero-order chi connectivity index (χ0) is 28.3. The Morgan fingerprint density at radius 3 is 2.25 bits per heavy atom. The number of carbonyl (C=O) groups is 2. The van der Waals surface area contributed by atoms with E-state index in [0.717, 1.165) is 11.3 Å². The first-order chi connectivity index (χ1) is 19.2. The van der Waals surface area contributed by atoms with E-state index in [-0.39, 0.29) is 11.9 Å². The molecule has 1 fully saturated rings. The number of hydrogen-bond donors (Lipinski definition) is 2. The number of hydrogen-bond acceptors (Lipinski definition) is 6. The fourth-order valence-corrected chi connectivity index (χ4v) is 4.28. The topological polar surface area (TPSA) is 104 Å². The van der Waals surface area contributed by atoms with E-state index in [1.165, 1.54) is 0 Å². The number of amides is 3. The molecule has 40 heavy (non-hydrogen) atoms. The van der Waals surface area contributed by atoms with Crippen LogP contribution < -0.4 is 15.5 Å². The Hall–Kier alpha value is -4.87. The van der Waals surface area contributed by atoms with Gasteiger partial charge in [-0.15, -0.1) is 0 Å². The quantitative estimate of drug-likeness (QED) is 0.332. The fraction of sp³-hybridized carbons (Fsp3) is 0.214. The van der Waals surface area contributed by atoms with Crippen molar-refractivity contribution in [1.29, 1.82) is 0 Å². The van der Waals surface area contributed by atoms with Gasteiger partial charge in [-0.3, -0.25) is 10.1 Å². The van der Waals surface area contributed by atoms with Gasteiger partial charge in [0.05, 0.1) is 0 Å². The summed E-state index contributed by atoms with van der Waals surface area (Å²) in [5.41, 5.74) is 1.50. The lowest BCUT2D eigenvalue weighted by atomic mass is 10.2. The predicted molar refractivity (Wildman–Crippen MR) is 143 cm³/mol. The Labute approximate surface area is 227 Å². The molecule has 1 aliphatic rings. The van der Waals surface area contributed by atoms with Crippen LogP contribution in [-0.2, 0) is 6.18 Å². The maximum absolute atomic E-state index is 13.6. The summed E-state index contributed by atoms with van der Waals surface area (Å²) in [4.78, 5) is 37.2. The highest BCUT2D eigenvalue weighted by Crippen LogP contribution is 2.35. The Balaban J connectivity index is 1.21. The average Bonchev–Trinajstić information content (AvgIpc) is 3.42. The minimum absolute atomic E-state index is 0.221. The summed E-state index contributed by atoms with van der Waals surface area (Å²) in [6, 6.07) is 18.2. The van der Waals surface area contributed by atoms with Gasteiger partial charge in [0.15, 0.2) is 5.69 Å². The number of oxazole rings is 1. The number of nitrogens with zero attached hydrogens (tertiary/aromatic N) is 4. The number of anilines is 3. The molecule has 2 aromatic heterocycles. The maximum Gasteiger partial charge on any atom is 0.452 e. The van der Waals surface area contributed by atoms with Gasteiger partial charge in [0.2, 0.25) is 11.7 Å². The molecule has 0 unspecified atom stereocenters. The molecule has 1 saturated heterocycles. The zero-order valence-electron chi connectivity index (χ0n) is 21.4. The third-order valence-corrected chi connectivity index (χ3v) is 6.41. The Morgan fingerprint density at radius 1 is 0.900 bits per heavy atom. The lowest BCUT2D eigenvalue weighted by Gasteiger charge is -2.36. The van der Waals surface area contributed by atoms with Crippen LogP contribution in [0.1, 0.15) is 21.8 Å². The van der Waals surface area contributed by atoms with Gasteiger partial charge in [-0.1, -0.05) is 24.3 Å². The van der Waals surface area contributed by atoms with Crippen molar-refractivity contribution in [3.8, 4) is 11.5 Å². The van der Waals surface area contributed by atoms with E-state index >= 15 is 0 Å². The molecule has 0 saturated carbocycles. The molecule has 0 radical (unpaired) electrons. The van der Waals surface area contributed by atoms with Crippen molar-refractivity contribution in [2.24, 2.45) is 0 Å². The van der Waals surface area contributed by atoms with Gasteiger partial charge < -0.3 is 19.5 Å². The minimum atomic E-state index is -4.90. The van der Waals surface area contributed by atoms with Gasteiger partial charge in [0.1, 0.15) is 5.82 Å². The molecule has 2 aromatic carbocycles. The number of aromatic nitrogens is 2. The van der Waals surface area contributed by atoms with Gasteiger partial charge in [-0.25, -0.2) is 14.8 Å². The lowest BCUT2D eigenvalue weighted by molar-refractivity contribution is -0.153. The van der Waals surface area contributed by atoms with Crippen molar-refractivity contribution in [1.82, 2.24) is 14.9 Å². The van der Waals surface area contributed by atoms with Crippen molar-refractivity contribution in [2.75, 3.05) is 41.7 Å². The number of carbonyl (C=O) groups excluding carboxylic acids is 2. The number of aryl methyl sites for hydroxylation is 1. The SMILES string of the molecule is Cc1cccnc1NC(=O)N1CCN(c2ccc(NC(=O)c3nc(-c4ccccc4)oc3C(F)(F)F)cc2)CC1. The molecule has 206 valence electrons. The number of urea groups is 1. The first-order valence-corrected chi connectivity index (χ1v) is 12.5. The molecule has 1 aliphatic heterocycles. The van der Waals surface area contributed by atoms with Crippen LogP contribution in [-0.4, -0.2) is 53.0 Å². The summed E-state index contributed by atoms with van der Waals surface area (Å²) in [6.45, 7) is 4.02. The van der Waals surface area contributed by atoms with Crippen LogP contribution >= 0.6 is 0 Å². The zero-order valence-corrected chi connectivity index (χ0v) is 21.4. The molecule has 3 amide bonds. The molecule has 0 bridgehead atoms. The number of alkyl halides is 3. The summed E-state index contributed by atoms with van der Waals surface area (Å²) in [5.74, 6) is -2.26. The third-order valence-electron chi connectivity index (χ3n) is 6.41. The van der Waals surface area contributed by atoms with Crippen LogP contribution in [0.25, 0.3) is 11.5 Å². The summed E-state index contributed by atoms with van der Waals surface area (Å²) in [5, 5.41) is 5.30. The Morgan fingerprint density at radius 2 is 1.60 bits per heavy atom. The Bertz CT molecular complexity index is 1500. The molecule has 9 nitrogen and oxygen atoms in total. The number of benzene rings is 2. The van der Waals surface area contributed by atoms with Gasteiger partial charge in [0, 0.05) is 49.3 Å². The summed E-state index contributed by atoms with van der Waals surface area (Å²) >= 11 is 0. The van der Waals surface area contributed by atoms with Gasteiger partial charge in [-0.2, -0.15) is 13.2 Å². The van der Waals surface area contributed by atoms with E-state index in [2.05, 4.69) is 25.5 Å². The van der Waals surface area contributed by atoms with Crippen LogP contribution in [0.3, 0.4) is 0 Å². The van der Waals surface area contributed by atoms with Gasteiger partial charge in [0.25, 0.3) is 5.91 Å². The number of rotatable bonds is 5. The van der Waals surface area contributed by atoms with E-state index in [1.807, 2.05) is 13.0 Å². The minimum Gasteiger partial charge on any atom is -0.431 e. The molecule has 12 heteroatoms. The molecular weight excluding hydrogens is 525 g/mol. The standard InChI is InChI=1S/C28H25F3N6O3/c1-18-6-5-13-32-24(18)35-27(39)37-16-14-36(15-17-37)21-11-9-20(10-12-21)33-25(38)22-23(28(29,30)31)40-26(34-22)19-7-3-2-4-8-19/h2-13H,14-17H2,1H3,(H,33,38)(H,32,35,39). The highest BCUT2D eigenvalue weighted by atomic mass is 19.4. The second-order valence-electron chi connectivity index (χ2n) is 9.13. The maximum atomic E-state index is 13.6. The van der Waals surface area contributed by atoms with Crippen molar-refractivity contribution in [2.45, 2.75) is 13.1 Å². The smallest absolute Gasteiger partial charge is 0.431 e. The van der Waals surface area contributed by atoms with Crippen LogP contribution in [0.4, 0.5) is 35.2 Å². The number of halogens is 3. The number of piperazine rings is 1. The van der Waals surface area contributed by atoms with Crippen LogP contribution in [0.5, 0.6) is 0 Å². The summed E-state index contributed by atoms with van der Waals surface area (Å²) in [7, 11) is 0. The van der Waals surface area contributed by atoms with Crippen molar-refractivity contribution >= 4 is 29.1 Å². The summed E-state index contributed by atoms with van der Waals surface area (Å²) in [6.07, 6.45) is -3.28. The van der Waals surface area contributed by atoms with Crippen LogP contribution in [0, 0.1) is 6.92 Å². The molecule has 2 N–H and O–H groups in total. The normalized spacial score (nSPS) is 13.7. The average molecular weight is 551 g/mol. The van der Waals surface area contributed by atoms with E-state index in [1.54, 1.807) is 71.8 Å². The van der Waals surface area contributed by atoms with Crippen molar-refractivity contribution < 1.29 is 27.2 Å². The number of nitrogens with one attached hydrogen (secondary N) is 2. The molecular formula is C28H25F3N6O3. The molecule has 4 aromatic rings. The molecule has 3 heterocycles. The molecule has 5 rings (SSSR count). The molecule has 0 spiro atoms. The van der Waals surface area contributed by atoms with E-state index < -0.39 is 23.5 Å². The second-order valence-corrected chi connectivity index (χ2v) is 9.13. The van der Waals surface area contributed by atoms with Crippen molar-refractivity contribution in [3.63, 3.8) is 0 Å². The van der Waals surface area contributed by atoms with E-state index in [0.29, 0.717) is 43.2 Å². The predicted octanol–water partition coefficient (Wildman–Crippen LogP) is 5.67. The van der Waals surface area contributed by atoms with Gasteiger partial charge >= 0.3 is 12.2 Å². The van der Waals surface area contributed by atoms with Crippen LogP contribution in [0.2, 0.25) is 0 Å². The highest BCUT2D eigenvalue weighted by Gasteiger charge is 2.42. The van der Waals surface area contributed by atoms with E-state index in [9.17, 15) is 22.8 Å². The third kappa shape index (κ3) is 5.90. The lowest BCUT2D eigenvalue weighted by Crippen LogP contribution is -2.50. The second kappa shape index (κ2) is 11.1. The first-order valence-electron chi connectivity index (χ1n) is 12.5. The molecule has 0 atom stereocenters. The van der Waals surface area contributed by atoms with Crippen LogP contribution in [0.15, 0.2) is 77.3 Å². The Kier molecular flexibility index (Phi) is 7.41. The molecule has 0 aliphatic carbocycles. The van der Waals surface area contributed by atoms with E-state index in [4.69, 9.17) is 4.42 Å². The monoisotopic (exact) mass is 550 g/mol. The largest absolute Gasteiger partial charge is 0.452 e. The number of pyridine rings is 1. The highest BCUT2D eigenvalue weighted by molar-refractivity contribution is 6.04. The fourth-order valence-electron chi connectivity index (χ4n) is 4.28. The van der Waals surface area contributed by atoms with Gasteiger partial charge in [-0.05, 0) is 55.0 Å².